The summed E-state index contributed by atoms with van der Waals surface area (Å²) in [6.45, 7) is 11.4. The molecule has 1 aromatic rings. The Morgan fingerprint density at radius 1 is 1.05 bits per heavy atom. The molecule has 4 heteroatoms. The highest BCUT2D eigenvalue weighted by Crippen LogP contribution is 2.20. The van der Waals surface area contributed by atoms with Gasteiger partial charge in [0.15, 0.2) is 0 Å². The monoisotopic (exact) mass is 290 g/mol. The smallest absolute Gasteiger partial charge is 0.253 e. The molecule has 0 aliphatic rings. The minimum Gasteiger partial charge on any atom is -0.339 e. The Hall–Kier alpha value is -1.84. The number of nitrogens with zero attached hydrogens (tertiary/aromatic N) is 1. The first kappa shape index (κ1) is 17.2. The molecule has 0 spiro atoms. The van der Waals surface area contributed by atoms with Crippen LogP contribution in [-0.4, -0.2) is 29.8 Å². The van der Waals surface area contributed by atoms with Gasteiger partial charge in [0, 0.05) is 30.8 Å². The van der Waals surface area contributed by atoms with Crippen molar-refractivity contribution >= 4 is 17.5 Å². The van der Waals surface area contributed by atoms with E-state index >= 15 is 0 Å². The van der Waals surface area contributed by atoms with Gasteiger partial charge in [-0.15, -0.1) is 0 Å². The third-order valence-electron chi connectivity index (χ3n) is 3.16. The summed E-state index contributed by atoms with van der Waals surface area (Å²) in [6.07, 6.45) is 0.465. The van der Waals surface area contributed by atoms with Gasteiger partial charge in [0.2, 0.25) is 5.91 Å². The van der Waals surface area contributed by atoms with Crippen LogP contribution in [0.25, 0.3) is 0 Å². The molecular weight excluding hydrogens is 264 g/mol. The Morgan fingerprint density at radius 2 is 1.57 bits per heavy atom. The normalized spacial score (nSPS) is 11.1. The van der Waals surface area contributed by atoms with E-state index in [1.165, 1.54) is 0 Å². The predicted molar refractivity (Wildman–Crippen MR) is 86.4 cm³/mol. The van der Waals surface area contributed by atoms with Crippen molar-refractivity contribution in [3.63, 3.8) is 0 Å². The Bertz CT molecular complexity index is 483. The van der Waals surface area contributed by atoms with E-state index in [-0.39, 0.29) is 17.2 Å². The van der Waals surface area contributed by atoms with E-state index in [4.69, 9.17) is 0 Å². The highest BCUT2D eigenvalue weighted by molar-refractivity contribution is 5.95. The Kier molecular flexibility index (Phi) is 5.94. The maximum atomic E-state index is 12.2. The first-order valence-corrected chi connectivity index (χ1v) is 7.46. The minimum absolute atomic E-state index is 0.00896. The SMILES string of the molecule is CCN(CC)C(=O)c1ccc(NC(=O)CC(C)(C)C)cc1. The molecule has 116 valence electrons. The zero-order chi connectivity index (χ0) is 16.0. The van der Waals surface area contributed by atoms with Crippen LogP contribution >= 0.6 is 0 Å². The molecule has 2 amide bonds. The van der Waals surface area contributed by atoms with Gasteiger partial charge in [-0.1, -0.05) is 20.8 Å². The number of carbonyl (C=O) groups is 2. The Morgan fingerprint density at radius 3 is 2.00 bits per heavy atom. The molecule has 21 heavy (non-hydrogen) atoms. The lowest BCUT2D eigenvalue weighted by molar-refractivity contribution is -0.117. The molecule has 0 fully saturated rings. The van der Waals surface area contributed by atoms with Gasteiger partial charge in [-0.25, -0.2) is 0 Å². The summed E-state index contributed by atoms with van der Waals surface area (Å²) in [5.74, 6) is 0.0119. The number of rotatable bonds is 5. The fraction of sp³-hybridized carbons (Fsp3) is 0.529. The highest BCUT2D eigenvalue weighted by Gasteiger charge is 2.16. The summed E-state index contributed by atoms with van der Waals surface area (Å²) in [5.41, 5.74) is 1.33. The first-order chi connectivity index (χ1) is 9.76. The van der Waals surface area contributed by atoms with Gasteiger partial charge < -0.3 is 10.2 Å². The van der Waals surface area contributed by atoms with Gasteiger partial charge in [-0.2, -0.15) is 0 Å². The molecule has 0 aliphatic carbocycles. The molecular formula is C17H26N2O2. The average Bonchev–Trinajstić information content (AvgIpc) is 2.38. The molecule has 0 atom stereocenters. The average molecular weight is 290 g/mol. The summed E-state index contributed by atoms with van der Waals surface area (Å²) in [4.78, 5) is 25.8. The van der Waals surface area contributed by atoms with Crippen LogP contribution in [0.1, 0.15) is 51.4 Å². The van der Waals surface area contributed by atoms with E-state index in [1.54, 1.807) is 29.2 Å². The zero-order valence-corrected chi connectivity index (χ0v) is 13.7. The number of hydrogen-bond acceptors (Lipinski definition) is 2. The van der Waals surface area contributed by atoms with E-state index in [1.807, 2.05) is 34.6 Å². The quantitative estimate of drug-likeness (QED) is 0.901. The lowest BCUT2D eigenvalue weighted by atomic mass is 9.92. The van der Waals surface area contributed by atoms with Crippen molar-refractivity contribution in [1.29, 1.82) is 0 Å². The molecule has 0 aromatic heterocycles. The summed E-state index contributed by atoms with van der Waals surface area (Å²) in [5, 5.41) is 2.86. The van der Waals surface area contributed by atoms with E-state index in [0.29, 0.717) is 25.1 Å². The number of amides is 2. The summed E-state index contributed by atoms with van der Waals surface area (Å²) in [7, 11) is 0. The van der Waals surface area contributed by atoms with Crippen LogP contribution in [-0.2, 0) is 4.79 Å². The molecule has 0 heterocycles. The van der Waals surface area contributed by atoms with Crippen molar-refractivity contribution in [1.82, 2.24) is 4.90 Å². The van der Waals surface area contributed by atoms with Crippen LogP contribution in [0.2, 0.25) is 0 Å². The van der Waals surface area contributed by atoms with Crippen LogP contribution in [0.15, 0.2) is 24.3 Å². The molecule has 1 rings (SSSR count). The maximum absolute atomic E-state index is 12.2. The number of carbonyl (C=O) groups excluding carboxylic acids is 2. The lowest BCUT2D eigenvalue weighted by Gasteiger charge is -2.19. The highest BCUT2D eigenvalue weighted by atomic mass is 16.2. The zero-order valence-electron chi connectivity index (χ0n) is 13.7. The Labute approximate surface area is 127 Å². The fourth-order valence-electron chi connectivity index (χ4n) is 2.08. The van der Waals surface area contributed by atoms with Crippen molar-refractivity contribution in [3.05, 3.63) is 29.8 Å². The Balaban J connectivity index is 2.70. The van der Waals surface area contributed by atoms with Crippen molar-refractivity contribution in [2.24, 2.45) is 5.41 Å². The van der Waals surface area contributed by atoms with Crippen molar-refractivity contribution < 1.29 is 9.59 Å². The van der Waals surface area contributed by atoms with Gasteiger partial charge in [0.05, 0.1) is 0 Å². The van der Waals surface area contributed by atoms with Crippen molar-refractivity contribution in [2.75, 3.05) is 18.4 Å². The standard InChI is InChI=1S/C17H26N2O2/c1-6-19(7-2)16(21)13-8-10-14(11-9-13)18-15(20)12-17(3,4)5/h8-11H,6-7,12H2,1-5H3,(H,18,20). The van der Waals surface area contributed by atoms with Crippen LogP contribution in [0.4, 0.5) is 5.69 Å². The third kappa shape index (κ3) is 5.58. The largest absolute Gasteiger partial charge is 0.339 e. The fourth-order valence-corrected chi connectivity index (χ4v) is 2.08. The number of nitrogens with one attached hydrogen (secondary N) is 1. The molecule has 1 aromatic carbocycles. The van der Waals surface area contributed by atoms with Crippen molar-refractivity contribution in [3.8, 4) is 0 Å². The number of benzene rings is 1. The number of anilines is 1. The van der Waals surface area contributed by atoms with Crippen LogP contribution in [0.3, 0.4) is 0 Å². The molecule has 0 saturated heterocycles. The third-order valence-corrected chi connectivity index (χ3v) is 3.16. The van der Waals surface area contributed by atoms with Crippen molar-refractivity contribution in [2.45, 2.75) is 41.0 Å². The molecule has 0 aliphatic heterocycles. The predicted octanol–water partition coefficient (Wildman–Crippen LogP) is 3.54. The van der Waals surface area contributed by atoms with E-state index < -0.39 is 0 Å². The van der Waals surface area contributed by atoms with Gasteiger partial charge in [-0.05, 0) is 43.5 Å². The van der Waals surface area contributed by atoms with Gasteiger partial charge in [-0.3, -0.25) is 9.59 Å². The van der Waals surface area contributed by atoms with Crippen LogP contribution < -0.4 is 5.32 Å². The molecule has 0 bridgehead atoms. The van der Waals surface area contributed by atoms with Gasteiger partial charge in [0.1, 0.15) is 0 Å². The second-order valence-corrected chi connectivity index (χ2v) is 6.34. The van der Waals surface area contributed by atoms with E-state index in [0.717, 1.165) is 5.69 Å². The molecule has 0 radical (unpaired) electrons. The molecule has 1 N–H and O–H groups in total. The molecule has 0 unspecified atom stereocenters. The van der Waals surface area contributed by atoms with Crippen LogP contribution in [0.5, 0.6) is 0 Å². The van der Waals surface area contributed by atoms with Gasteiger partial charge in [0.25, 0.3) is 5.91 Å². The lowest BCUT2D eigenvalue weighted by Crippen LogP contribution is -2.30. The topological polar surface area (TPSA) is 49.4 Å². The molecule has 4 nitrogen and oxygen atoms in total. The van der Waals surface area contributed by atoms with E-state index in [9.17, 15) is 9.59 Å². The summed E-state index contributed by atoms with van der Waals surface area (Å²) >= 11 is 0. The first-order valence-electron chi connectivity index (χ1n) is 7.46. The second kappa shape index (κ2) is 7.25. The number of hydrogen-bond donors (Lipinski definition) is 1. The minimum atomic E-state index is -0.0389. The maximum Gasteiger partial charge on any atom is 0.253 e. The van der Waals surface area contributed by atoms with Gasteiger partial charge >= 0.3 is 0 Å². The van der Waals surface area contributed by atoms with E-state index in [2.05, 4.69) is 5.32 Å². The van der Waals surface area contributed by atoms with Crippen LogP contribution in [0, 0.1) is 5.41 Å². The summed E-state index contributed by atoms with van der Waals surface area (Å²) < 4.78 is 0. The molecule has 0 saturated carbocycles. The second-order valence-electron chi connectivity index (χ2n) is 6.34. The summed E-state index contributed by atoms with van der Waals surface area (Å²) in [6, 6.07) is 7.06.